The van der Waals surface area contributed by atoms with E-state index in [9.17, 15) is 8.42 Å². The van der Waals surface area contributed by atoms with Crippen molar-refractivity contribution in [2.45, 2.75) is 44.1 Å². The number of hydrogen-bond acceptors (Lipinski definition) is 4. The van der Waals surface area contributed by atoms with Crippen LogP contribution in [0.3, 0.4) is 0 Å². The molecule has 3 atom stereocenters. The highest BCUT2D eigenvalue weighted by atomic mass is 32.2. The molecule has 3 fully saturated rings. The molecule has 4 nitrogen and oxygen atoms in total. The third-order valence-electron chi connectivity index (χ3n) is 5.71. The van der Waals surface area contributed by atoms with E-state index in [2.05, 4.69) is 4.90 Å². The lowest BCUT2D eigenvalue weighted by Crippen LogP contribution is -2.59. The summed E-state index contributed by atoms with van der Waals surface area (Å²) in [6.45, 7) is 2.62. The number of likely N-dealkylation sites (tertiary alicyclic amines) is 1. The molecule has 0 spiro atoms. The van der Waals surface area contributed by atoms with Crippen LogP contribution in [0.4, 0.5) is 0 Å². The average Bonchev–Trinajstić information content (AvgIpc) is 2.75. The summed E-state index contributed by atoms with van der Waals surface area (Å²) in [7, 11) is -2.87. The van der Waals surface area contributed by atoms with Gasteiger partial charge in [0, 0.05) is 18.6 Å². The van der Waals surface area contributed by atoms with Crippen molar-refractivity contribution in [2.75, 3.05) is 31.1 Å². The van der Waals surface area contributed by atoms with E-state index in [1.165, 1.54) is 32.1 Å². The maximum atomic E-state index is 11.8. The normalized spacial score (nSPS) is 43.0. The van der Waals surface area contributed by atoms with Crippen molar-refractivity contribution in [1.82, 2.24) is 4.90 Å². The monoisotopic (exact) mass is 286 g/mol. The highest BCUT2D eigenvalue weighted by molar-refractivity contribution is 7.91. The molecule has 2 saturated heterocycles. The van der Waals surface area contributed by atoms with Gasteiger partial charge in [-0.25, -0.2) is 8.42 Å². The van der Waals surface area contributed by atoms with E-state index in [1.807, 2.05) is 0 Å². The largest absolute Gasteiger partial charge is 0.329 e. The molecule has 0 bridgehead atoms. The van der Waals surface area contributed by atoms with Gasteiger partial charge in [0.2, 0.25) is 0 Å². The lowest BCUT2D eigenvalue weighted by molar-refractivity contribution is 0.0191. The second-order valence-electron chi connectivity index (χ2n) is 6.81. The van der Waals surface area contributed by atoms with Crippen LogP contribution < -0.4 is 5.73 Å². The van der Waals surface area contributed by atoms with Crippen molar-refractivity contribution in [2.24, 2.45) is 17.6 Å². The van der Waals surface area contributed by atoms with Crippen LogP contribution in [0.2, 0.25) is 0 Å². The summed E-state index contributed by atoms with van der Waals surface area (Å²) in [6, 6.07) is 0. The summed E-state index contributed by atoms with van der Waals surface area (Å²) in [6.07, 6.45) is 7.43. The fourth-order valence-corrected chi connectivity index (χ4v) is 6.57. The fraction of sp³-hybridized carbons (Fsp3) is 1.00. The maximum Gasteiger partial charge on any atom is 0.152 e. The Morgan fingerprint density at radius 2 is 1.89 bits per heavy atom. The molecular weight excluding hydrogens is 260 g/mol. The first-order chi connectivity index (χ1) is 9.05. The van der Waals surface area contributed by atoms with Gasteiger partial charge in [0.1, 0.15) is 0 Å². The van der Waals surface area contributed by atoms with E-state index in [0.717, 1.165) is 31.3 Å². The first-order valence-corrected chi connectivity index (χ1v) is 9.52. The fourth-order valence-electron chi connectivity index (χ4n) is 4.47. The predicted molar refractivity (Wildman–Crippen MR) is 76.7 cm³/mol. The molecule has 0 aromatic carbocycles. The van der Waals surface area contributed by atoms with E-state index in [0.29, 0.717) is 12.3 Å². The van der Waals surface area contributed by atoms with Gasteiger partial charge >= 0.3 is 0 Å². The molecule has 3 unspecified atom stereocenters. The van der Waals surface area contributed by atoms with Gasteiger partial charge in [-0.15, -0.1) is 0 Å². The van der Waals surface area contributed by atoms with Crippen LogP contribution in [0, 0.1) is 11.8 Å². The Morgan fingerprint density at radius 3 is 2.53 bits per heavy atom. The van der Waals surface area contributed by atoms with Gasteiger partial charge in [-0.3, -0.25) is 4.90 Å². The minimum Gasteiger partial charge on any atom is -0.329 e. The Balaban J connectivity index is 1.74. The number of hydrogen-bond donors (Lipinski definition) is 1. The number of rotatable bonds is 2. The topological polar surface area (TPSA) is 63.4 Å². The van der Waals surface area contributed by atoms with Gasteiger partial charge in [-0.2, -0.15) is 0 Å². The Hall–Kier alpha value is -0.130. The maximum absolute atomic E-state index is 11.8. The first-order valence-electron chi connectivity index (χ1n) is 7.70. The van der Waals surface area contributed by atoms with Gasteiger partial charge in [0.25, 0.3) is 0 Å². The van der Waals surface area contributed by atoms with Gasteiger partial charge < -0.3 is 5.73 Å². The molecule has 110 valence electrons. The molecule has 1 saturated carbocycles. The van der Waals surface area contributed by atoms with Gasteiger partial charge in [-0.1, -0.05) is 19.3 Å². The van der Waals surface area contributed by atoms with Gasteiger partial charge in [0.15, 0.2) is 9.84 Å². The van der Waals surface area contributed by atoms with Crippen molar-refractivity contribution >= 4 is 9.84 Å². The summed E-state index contributed by atoms with van der Waals surface area (Å²) in [5, 5.41) is 0. The van der Waals surface area contributed by atoms with Crippen LogP contribution in [0.25, 0.3) is 0 Å². The van der Waals surface area contributed by atoms with Crippen molar-refractivity contribution in [3.8, 4) is 0 Å². The molecule has 19 heavy (non-hydrogen) atoms. The molecule has 0 aromatic heterocycles. The second kappa shape index (κ2) is 5.01. The van der Waals surface area contributed by atoms with Crippen LogP contribution >= 0.6 is 0 Å². The third kappa shape index (κ3) is 2.57. The lowest BCUT2D eigenvalue weighted by Gasteiger charge is -2.48. The summed E-state index contributed by atoms with van der Waals surface area (Å²) in [4.78, 5) is 2.43. The Morgan fingerprint density at radius 1 is 1.16 bits per heavy atom. The molecule has 0 radical (unpaired) electrons. The SMILES string of the molecule is NCC1(N2CCC3CCCCC3C2)CCS(=O)(=O)C1. The molecule has 5 heteroatoms. The molecule has 0 amide bonds. The number of sulfone groups is 1. The molecule has 3 aliphatic rings. The smallest absolute Gasteiger partial charge is 0.152 e. The number of piperidine rings is 1. The van der Waals surface area contributed by atoms with E-state index in [4.69, 9.17) is 5.73 Å². The zero-order valence-electron chi connectivity index (χ0n) is 11.7. The van der Waals surface area contributed by atoms with Crippen LogP contribution in [-0.4, -0.2) is 50.0 Å². The van der Waals surface area contributed by atoms with Gasteiger partial charge in [0.05, 0.1) is 11.5 Å². The number of nitrogens with two attached hydrogens (primary N) is 1. The highest BCUT2D eigenvalue weighted by Gasteiger charge is 2.47. The molecule has 3 rings (SSSR count). The lowest BCUT2D eigenvalue weighted by atomic mass is 9.74. The summed E-state index contributed by atoms with van der Waals surface area (Å²) in [5.74, 6) is 2.29. The zero-order valence-corrected chi connectivity index (χ0v) is 12.5. The summed E-state index contributed by atoms with van der Waals surface area (Å²) >= 11 is 0. The third-order valence-corrected chi connectivity index (χ3v) is 7.51. The zero-order chi connectivity index (χ0) is 13.5. The van der Waals surface area contributed by atoms with Crippen LogP contribution in [0.1, 0.15) is 38.5 Å². The molecule has 0 aromatic rings. The van der Waals surface area contributed by atoms with Crippen LogP contribution in [0.5, 0.6) is 0 Å². The van der Waals surface area contributed by atoms with Crippen molar-refractivity contribution in [3.63, 3.8) is 0 Å². The van der Waals surface area contributed by atoms with E-state index < -0.39 is 9.84 Å². The van der Waals surface area contributed by atoms with Crippen molar-refractivity contribution in [3.05, 3.63) is 0 Å². The Labute approximate surface area is 116 Å². The minimum absolute atomic E-state index is 0.249. The summed E-state index contributed by atoms with van der Waals surface area (Å²) < 4.78 is 23.7. The first kappa shape index (κ1) is 13.8. The number of nitrogens with zero attached hydrogens (tertiary/aromatic N) is 1. The van der Waals surface area contributed by atoms with Gasteiger partial charge in [-0.05, 0) is 37.6 Å². The van der Waals surface area contributed by atoms with E-state index >= 15 is 0 Å². The van der Waals surface area contributed by atoms with E-state index in [1.54, 1.807) is 0 Å². The van der Waals surface area contributed by atoms with Crippen molar-refractivity contribution < 1.29 is 8.42 Å². The predicted octanol–water partition coefficient (Wildman–Crippen LogP) is 1.01. The molecule has 2 aliphatic heterocycles. The Bertz CT molecular complexity index is 437. The highest BCUT2D eigenvalue weighted by Crippen LogP contribution is 2.40. The Kier molecular flexibility index (Phi) is 3.65. The standard InChI is InChI=1S/C14H26N2O2S/c15-10-14(6-8-19(17,18)11-14)16-7-5-12-3-1-2-4-13(12)9-16/h12-13H,1-11,15H2. The molecule has 2 heterocycles. The molecule has 1 aliphatic carbocycles. The van der Waals surface area contributed by atoms with Crippen molar-refractivity contribution in [1.29, 1.82) is 0 Å². The minimum atomic E-state index is -2.87. The average molecular weight is 286 g/mol. The molecule has 2 N–H and O–H groups in total. The quantitative estimate of drug-likeness (QED) is 0.823. The van der Waals surface area contributed by atoms with Crippen LogP contribution in [-0.2, 0) is 9.84 Å². The van der Waals surface area contributed by atoms with Crippen LogP contribution in [0.15, 0.2) is 0 Å². The second-order valence-corrected chi connectivity index (χ2v) is 8.99. The summed E-state index contributed by atoms with van der Waals surface area (Å²) in [5.41, 5.74) is 5.73. The number of fused-ring (bicyclic) bond motifs is 1. The molecular formula is C14H26N2O2S. The van der Waals surface area contributed by atoms with E-state index in [-0.39, 0.29) is 11.3 Å².